The smallest absolute Gasteiger partial charge is 0.409 e. The number of nitrogens with one attached hydrogen (secondary N) is 1. The summed E-state index contributed by atoms with van der Waals surface area (Å²) in [5.41, 5.74) is 0.774. The Hall–Kier alpha value is -2.64. The van der Waals surface area contributed by atoms with Crippen molar-refractivity contribution in [2.75, 3.05) is 32.8 Å². The van der Waals surface area contributed by atoms with Crippen LogP contribution >= 0.6 is 0 Å². The van der Waals surface area contributed by atoms with Gasteiger partial charge in [0.1, 0.15) is 0 Å². The molecule has 1 aliphatic carbocycles. The van der Waals surface area contributed by atoms with Gasteiger partial charge in [0, 0.05) is 44.6 Å². The van der Waals surface area contributed by atoms with Crippen molar-refractivity contribution in [3.8, 4) is 0 Å². The molecule has 1 aliphatic heterocycles. The Balaban J connectivity index is 1.59. The maximum absolute atomic E-state index is 12.6. The molecule has 0 radical (unpaired) electrons. The maximum Gasteiger partial charge on any atom is 0.409 e. The number of ether oxygens (including phenoxy) is 1. The minimum absolute atomic E-state index is 0.183. The van der Waals surface area contributed by atoms with E-state index in [2.05, 4.69) is 10.3 Å². The molecule has 2 aliphatic rings. The van der Waals surface area contributed by atoms with Gasteiger partial charge in [0.15, 0.2) is 0 Å². The molecule has 0 unspecified atom stereocenters. The molecule has 2 fully saturated rings. The Labute approximate surface area is 146 Å². The first-order valence-corrected chi connectivity index (χ1v) is 8.55. The molecule has 1 N–H and O–H groups in total. The van der Waals surface area contributed by atoms with Gasteiger partial charge in [-0.15, -0.1) is 0 Å². The van der Waals surface area contributed by atoms with E-state index < -0.39 is 0 Å². The van der Waals surface area contributed by atoms with Crippen LogP contribution in [0.25, 0.3) is 0 Å². The number of pyridine rings is 1. The van der Waals surface area contributed by atoms with Gasteiger partial charge in [-0.2, -0.15) is 0 Å². The average molecular weight is 346 g/mol. The Morgan fingerprint density at radius 2 is 1.76 bits per heavy atom. The lowest BCUT2D eigenvalue weighted by atomic mass is 10.1. The molecule has 3 rings (SSSR count). The number of piperazine rings is 1. The zero-order valence-electron chi connectivity index (χ0n) is 14.2. The van der Waals surface area contributed by atoms with Gasteiger partial charge in [-0.1, -0.05) is 0 Å². The van der Waals surface area contributed by atoms with Crippen LogP contribution in [0.1, 0.15) is 40.5 Å². The number of rotatable bonds is 4. The molecule has 0 spiro atoms. The summed E-state index contributed by atoms with van der Waals surface area (Å²) in [5.74, 6) is -0.381. The van der Waals surface area contributed by atoms with Gasteiger partial charge in [-0.25, -0.2) is 4.79 Å². The summed E-state index contributed by atoms with van der Waals surface area (Å²) < 4.78 is 4.97. The molecule has 1 saturated heterocycles. The average Bonchev–Trinajstić information content (AvgIpc) is 3.45. The predicted octanol–water partition coefficient (Wildman–Crippen LogP) is 0.888. The molecule has 1 saturated carbocycles. The van der Waals surface area contributed by atoms with E-state index in [1.165, 1.54) is 12.4 Å². The highest BCUT2D eigenvalue weighted by Gasteiger charge is 2.27. The molecule has 0 bridgehead atoms. The van der Waals surface area contributed by atoms with E-state index >= 15 is 0 Å². The zero-order valence-corrected chi connectivity index (χ0v) is 14.2. The number of carbonyl (C=O) groups is 3. The molecule has 134 valence electrons. The van der Waals surface area contributed by atoms with Crippen molar-refractivity contribution in [3.63, 3.8) is 0 Å². The van der Waals surface area contributed by atoms with Crippen LogP contribution in [0.2, 0.25) is 0 Å². The van der Waals surface area contributed by atoms with E-state index in [9.17, 15) is 14.4 Å². The second kappa shape index (κ2) is 7.50. The summed E-state index contributed by atoms with van der Waals surface area (Å²) in [4.78, 5) is 43.7. The molecular formula is C17H22N4O4. The first-order valence-electron chi connectivity index (χ1n) is 8.55. The third-order valence-corrected chi connectivity index (χ3v) is 4.25. The van der Waals surface area contributed by atoms with Crippen molar-refractivity contribution >= 4 is 17.9 Å². The molecule has 1 aromatic heterocycles. The Morgan fingerprint density at radius 1 is 1.12 bits per heavy atom. The SMILES string of the molecule is CCOC(=O)N1CCN(C(=O)c2cncc(C(=O)NC3CC3)c2)CC1. The van der Waals surface area contributed by atoms with E-state index in [1.54, 1.807) is 22.8 Å². The minimum atomic E-state index is -0.352. The van der Waals surface area contributed by atoms with Crippen LogP contribution < -0.4 is 5.32 Å². The molecule has 3 amide bonds. The van der Waals surface area contributed by atoms with E-state index in [-0.39, 0.29) is 23.9 Å². The Morgan fingerprint density at radius 3 is 2.40 bits per heavy atom. The van der Waals surface area contributed by atoms with Crippen molar-refractivity contribution in [3.05, 3.63) is 29.6 Å². The standard InChI is InChI=1S/C17H22N4O4/c1-2-25-17(24)21-7-5-20(6-8-21)16(23)13-9-12(10-18-11-13)15(22)19-14-3-4-14/h9-11,14H,2-8H2,1H3,(H,19,22). The van der Waals surface area contributed by atoms with Crippen LogP contribution in [-0.2, 0) is 4.74 Å². The topological polar surface area (TPSA) is 91.8 Å². The van der Waals surface area contributed by atoms with Crippen molar-refractivity contribution in [1.82, 2.24) is 20.1 Å². The number of hydrogen-bond acceptors (Lipinski definition) is 5. The van der Waals surface area contributed by atoms with Gasteiger partial charge in [0.25, 0.3) is 11.8 Å². The van der Waals surface area contributed by atoms with Crippen LogP contribution in [-0.4, -0.2) is 71.5 Å². The number of nitrogens with zero attached hydrogens (tertiary/aromatic N) is 3. The van der Waals surface area contributed by atoms with Crippen molar-refractivity contribution < 1.29 is 19.1 Å². The van der Waals surface area contributed by atoms with Gasteiger partial charge in [0.05, 0.1) is 17.7 Å². The summed E-state index contributed by atoms with van der Waals surface area (Å²) in [6, 6.07) is 1.83. The van der Waals surface area contributed by atoms with Gasteiger partial charge in [0.2, 0.25) is 0 Å². The minimum Gasteiger partial charge on any atom is -0.450 e. The van der Waals surface area contributed by atoms with Gasteiger partial charge >= 0.3 is 6.09 Å². The van der Waals surface area contributed by atoms with Crippen LogP contribution in [0.4, 0.5) is 4.79 Å². The summed E-state index contributed by atoms with van der Waals surface area (Å²) >= 11 is 0. The first kappa shape index (κ1) is 17.2. The fourth-order valence-corrected chi connectivity index (χ4v) is 2.67. The highest BCUT2D eigenvalue weighted by molar-refractivity contribution is 5.99. The number of hydrogen-bond donors (Lipinski definition) is 1. The van der Waals surface area contributed by atoms with E-state index in [0.717, 1.165) is 12.8 Å². The molecule has 0 atom stereocenters. The quantitative estimate of drug-likeness (QED) is 0.874. The second-order valence-corrected chi connectivity index (χ2v) is 6.19. The fraction of sp³-hybridized carbons (Fsp3) is 0.529. The van der Waals surface area contributed by atoms with E-state index in [0.29, 0.717) is 43.9 Å². The van der Waals surface area contributed by atoms with Crippen molar-refractivity contribution in [2.24, 2.45) is 0 Å². The summed E-state index contributed by atoms with van der Waals surface area (Å²) in [7, 11) is 0. The highest BCUT2D eigenvalue weighted by Crippen LogP contribution is 2.19. The monoisotopic (exact) mass is 346 g/mol. The Bertz CT molecular complexity index is 666. The molecule has 1 aromatic rings. The number of amides is 3. The third kappa shape index (κ3) is 4.26. The second-order valence-electron chi connectivity index (χ2n) is 6.19. The fourth-order valence-electron chi connectivity index (χ4n) is 2.67. The lowest BCUT2D eigenvalue weighted by molar-refractivity contribution is 0.0570. The maximum atomic E-state index is 12.6. The van der Waals surface area contributed by atoms with Gasteiger partial charge < -0.3 is 19.9 Å². The highest BCUT2D eigenvalue weighted by atomic mass is 16.6. The first-order chi connectivity index (χ1) is 12.1. The van der Waals surface area contributed by atoms with E-state index in [1.807, 2.05) is 0 Å². The van der Waals surface area contributed by atoms with Crippen molar-refractivity contribution in [1.29, 1.82) is 0 Å². The number of carbonyl (C=O) groups excluding carboxylic acids is 3. The summed E-state index contributed by atoms with van der Waals surface area (Å²) in [5, 5.41) is 2.88. The largest absolute Gasteiger partial charge is 0.450 e. The molecule has 8 heteroatoms. The predicted molar refractivity (Wildman–Crippen MR) is 89.2 cm³/mol. The Kier molecular flexibility index (Phi) is 5.16. The van der Waals surface area contributed by atoms with Crippen LogP contribution in [0.5, 0.6) is 0 Å². The third-order valence-electron chi connectivity index (χ3n) is 4.25. The lowest BCUT2D eigenvalue weighted by Crippen LogP contribution is -2.50. The molecular weight excluding hydrogens is 324 g/mol. The summed E-state index contributed by atoms with van der Waals surface area (Å²) in [6.45, 7) is 3.81. The molecule has 8 nitrogen and oxygen atoms in total. The molecule has 25 heavy (non-hydrogen) atoms. The van der Waals surface area contributed by atoms with Crippen LogP contribution in [0.15, 0.2) is 18.5 Å². The normalized spacial score (nSPS) is 17.2. The number of aromatic nitrogens is 1. The van der Waals surface area contributed by atoms with Crippen LogP contribution in [0, 0.1) is 0 Å². The van der Waals surface area contributed by atoms with Gasteiger partial charge in [-0.05, 0) is 25.8 Å². The molecule has 0 aromatic carbocycles. The lowest BCUT2D eigenvalue weighted by Gasteiger charge is -2.34. The molecule has 2 heterocycles. The van der Waals surface area contributed by atoms with Crippen LogP contribution in [0.3, 0.4) is 0 Å². The van der Waals surface area contributed by atoms with E-state index in [4.69, 9.17) is 4.74 Å². The van der Waals surface area contributed by atoms with Gasteiger partial charge in [-0.3, -0.25) is 14.6 Å². The summed E-state index contributed by atoms with van der Waals surface area (Å²) in [6.07, 6.45) is 4.58. The zero-order chi connectivity index (χ0) is 17.8. The van der Waals surface area contributed by atoms with Crippen molar-refractivity contribution in [2.45, 2.75) is 25.8 Å².